The zero-order valence-electron chi connectivity index (χ0n) is 20.4. The number of carbonyl (C=O) groups excluding carboxylic acids is 3. The summed E-state index contributed by atoms with van der Waals surface area (Å²) in [5, 5.41) is 3.89. The second-order valence-corrected chi connectivity index (χ2v) is 8.43. The van der Waals surface area contributed by atoms with Crippen molar-refractivity contribution in [2.75, 3.05) is 19.5 Å². The highest BCUT2D eigenvalue weighted by Crippen LogP contribution is 2.31. The molecular weight excluding hydrogens is 458 g/mol. The molecule has 0 saturated carbocycles. The van der Waals surface area contributed by atoms with E-state index in [4.69, 9.17) is 9.47 Å². The second-order valence-electron chi connectivity index (χ2n) is 8.43. The average Bonchev–Trinajstić information content (AvgIpc) is 3.25. The number of hydrogen-bond acceptors (Lipinski definition) is 6. The van der Waals surface area contributed by atoms with Crippen LogP contribution >= 0.6 is 0 Å². The molecule has 184 valence electrons. The molecule has 0 fully saturated rings. The SMILES string of the molecule is COC(=O)c1cc(NC(=O)CCCc2c(-c3ccccn3)[nH]c3ccc(C)cc23)cc(C(=O)OC)c1. The molecule has 0 spiro atoms. The Kier molecular flexibility index (Phi) is 7.44. The van der Waals surface area contributed by atoms with Crippen molar-refractivity contribution in [3.8, 4) is 11.4 Å². The third kappa shape index (κ3) is 5.43. The predicted molar refractivity (Wildman–Crippen MR) is 137 cm³/mol. The van der Waals surface area contributed by atoms with Crippen molar-refractivity contribution in [1.82, 2.24) is 9.97 Å². The summed E-state index contributed by atoms with van der Waals surface area (Å²) in [6.07, 6.45) is 3.26. The van der Waals surface area contributed by atoms with Gasteiger partial charge in [-0.25, -0.2) is 9.59 Å². The van der Waals surface area contributed by atoms with Crippen LogP contribution in [0.25, 0.3) is 22.3 Å². The normalized spacial score (nSPS) is 10.8. The number of nitrogens with zero attached hydrogens (tertiary/aromatic N) is 1. The monoisotopic (exact) mass is 485 g/mol. The van der Waals surface area contributed by atoms with Crippen molar-refractivity contribution in [2.45, 2.75) is 26.2 Å². The fraction of sp³-hybridized carbons (Fsp3) is 0.214. The zero-order chi connectivity index (χ0) is 25.7. The number of aromatic amines is 1. The van der Waals surface area contributed by atoms with Gasteiger partial charge in [-0.2, -0.15) is 0 Å². The highest BCUT2D eigenvalue weighted by Gasteiger charge is 2.17. The standard InChI is InChI=1S/C28H27N3O5/c1-17-10-11-23-22(13-17)21(26(31-23)24-8-4-5-12-29-24)7-6-9-25(32)30-20-15-18(27(33)35-2)14-19(16-20)28(34)36-3/h4-5,8,10-16,31H,6-7,9H2,1-3H3,(H,30,32). The minimum atomic E-state index is -0.618. The summed E-state index contributed by atoms with van der Waals surface area (Å²) in [6, 6.07) is 16.3. The summed E-state index contributed by atoms with van der Waals surface area (Å²) >= 11 is 0. The van der Waals surface area contributed by atoms with E-state index in [-0.39, 0.29) is 23.5 Å². The minimum absolute atomic E-state index is 0.143. The summed E-state index contributed by atoms with van der Waals surface area (Å²) in [4.78, 5) is 44.7. The summed E-state index contributed by atoms with van der Waals surface area (Å²) in [5.74, 6) is -1.47. The van der Waals surface area contributed by atoms with Gasteiger partial charge < -0.3 is 19.8 Å². The van der Waals surface area contributed by atoms with Crippen LogP contribution in [0.1, 0.15) is 44.7 Å². The zero-order valence-corrected chi connectivity index (χ0v) is 20.4. The number of aryl methyl sites for hydroxylation is 2. The summed E-state index contributed by atoms with van der Waals surface area (Å²) < 4.78 is 9.50. The van der Waals surface area contributed by atoms with Gasteiger partial charge in [-0.1, -0.05) is 17.7 Å². The molecule has 4 aromatic rings. The first kappa shape index (κ1) is 24.7. The molecule has 2 heterocycles. The molecule has 2 N–H and O–H groups in total. The fourth-order valence-corrected chi connectivity index (χ4v) is 4.17. The number of ether oxygens (including phenoxy) is 2. The molecule has 0 saturated heterocycles. The lowest BCUT2D eigenvalue weighted by atomic mass is 10.0. The van der Waals surface area contributed by atoms with Gasteiger partial charge in [-0.3, -0.25) is 9.78 Å². The van der Waals surface area contributed by atoms with Crippen molar-refractivity contribution < 1.29 is 23.9 Å². The predicted octanol–water partition coefficient (Wildman–Crippen LogP) is 5.07. The number of hydrogen-bond donors (Lipinski definition) is 2. The third-order valence-corrected chi connectivity index (χ3v) is 5.87. The number of amides is 1. The van der Waals surface area contributed by atoms with E-state index >= 15 is 0 Å². The Bertz CT molecular complexity index is 1390. The van der Waals surface area contributed by atoms with Gasteiger partial charge in [-0.15, -0.1) is 0 Å². The summed E-state index contributed by atoms with van der Waals surface area (Å²) in [7, 11) is 2.49. The Morgan fingerprint density at radius 3 is 2.31 bits per heavy atom. The first-order valence-electron chi connectivity index (χ1n) is 11.5. The van der Waals surface area contributed by atoms with Crippen LogP contribution in [0.4, 0.5) is 5.69 Å². The topological polar surface area (TPSA) is 110 Å². The third-order valence-electron chi connectivity index (χ3n) is 5.87. The van der Waals surface area contributed by atoms with Crippen LogP contribution < -0.4 is 5.32 Å². The number of esters is 2. The van der Waals surface area contributed by atoms with Crippen molar-refractivity contribution in [1.29, 1.82) is 0 Å². The van der Waals surface area contributed by atoms with E-state index in [0.29, 0.717) is 18.5 Å². The molecule has 0 aliphatic carbocycles. The number of H-pyrrole nitrogens is 1. The molecule has 0 bridgehead atoms. The van der Waals surface area contributed by atoms with Crippen LogP contribution in [0, 0.1) is 6.92 Å². The summed E-state index contributed by atoms with van der Waals surface area (Å²) in [5.41, 5.74) is 5.69. The van der Waals surface area contributed by atoms with E-state index in [9.17, 15) is 14.4 Å². The highest BCUT2D eigenvalue weighted by atomic mass is 16.5. The number of anilines is 1. The molecule has 36 heavy (non-hydrogen) atoms. The average molecular weight is 486 g/mol. The van der Waals surface area contributed by atoms with Gasteiger partial charge in [0.1, 0.15) is 0 Å². The Hall–Kier alpha value is -4.46. The fourth-order valence-electron chi connectivity index (χ4n) is 4.17. The Labute approximate surface area is 208 Å². The van der Waals surface area contributed by atoms with E-state index in [1.54, 1.807) is 6.20 Å². The quantitative estimate of drug-likeness (QED) is 0.337. The van der Waals surface area contributed by atoms with Gasteiger partial charge in [0.15, 0.2) is 0 Å². The minimum Gasteiger partial charge on any atom is -0.465 e. The Morgan fingerprint density at radius 2 is 1.67 bits per heavy atom. The number of rotatable bonds is 8. The number of pyridine rings is 1. The molecule has 2 aromatic carbocycles. The van der Waals surface area contributed by atoms with Crippen molar-refractivity contribution >= 4 is 34.4 Å². The molecule has 8 heteroatoms. The summed E-state index contributed by atoms with van der Waals surface area (Å²) in [6.45, 7) is 2.05. The largest absolute Gasteiger partial charge is 0.465 e. The van der Waals surface area contributed by atoms with Crippen molar-refractivity contribution in [2.24, 2.45) is 0 Å². The molecule has 0 radical (unpaired) electrons. The Morgan fingerprint density at radius 1 is 0.944 bits per heavy atom. The first-order valence-corrected chi connectivity index (χ1v) is 11.5. The number of fused-ring (bicyclic) bond motifs is 1. The van der Waals surface area contributed by atoms with Crippen molar-refractivity contribution in [3.63, 3.8) is 0 Å². The maximum Gasteiger partial charge on any atom is 0.337 e. The van der Waals surface area contributed by atoms with Gasteiger partial charge in [0, 0.05) is 29.2 Å². The van der Waals surface area contributed by atoms with Gasteiger partial charge in [0.25, 0.3) is 0 Å². The first-order chi connectivity index (χ1) is 17.4. The lowest BCUT2D eigenvalue weighted by molar-refractivity contribution is -0.116. The van der Waals surface area contributed by atoms with Crippen LogP contribution in [0.5, 0.6) is 0 Å². The lowest BCUT2D eigenvalue weighted by Crippen LogP contribution is -2.14. The van der Waals surface area contributed by atoms with Crippen LogP contribution in [-0.2, 0) is 20.7 Å². The van der Waals surface area contributed by atoms with Crippen molar-refractivity contribution in [3.05, 3.63) is 83.0 Å². The molecule has 0 aliphatic rings. The molecule has 0 aliphatic heterocycles. The van der Waals surface area contributed by atoms with Crippen LogP contribution in [-0.4, -0.2) is 42.0 Å². The van der Waals surface area contributed by atoms with Gasteiger partial charge >= 0.3 is 11.9 Å². The number of nitrogens with one attached hydrogen (secondary N) is 2. The smallest absolute Gasteiger partial charge is 0.337 e. The molecular formula is C28H27N3O5. The molecule has 4 rings (SSSR count). The van der Waals surface area contributed by atoms with Gasteiger partial charge in [-0.05, 0) is 67.8 Å². The van der Waals surface area contributed by atoms with E-state index in [2.05, 4.69) is 40.4 Å². The molecule has 2 aromatic heterocycles. The van der Waals surface area contributed by atoms with E-state index in [1.165, 1.54) is 32.4 Å². The molecule has 0 atom stereocenters. The molecule has 0 unspecified atom stereocenters. The van der Waals surface area contributed by atoms with E-state index in [0.717, 1.165) is 33.4 Å². The number of carbonyl (C=O) groups is 3. The van der Waals surface area contributed by atoms with Gasteiger partial charge in [0.05, 0.1) is 36.7 Å². The molecule has 1 amide bonds. The van der Waals surface area contributed by atoms with E-state index in [1.807, 2.05) is 18.2 Å². The van der Waals surface area contributed by atoms with E-state index < -0.39 is 11.9 Å². The number of aromatic nitrogens is 2. The lowest BCUT2D eigenvalue weighted by Gasteiger charge is -2.10. The Balaban J connectivity index is 1.51. The molecule has 8 nitrogen and oxygen atoms in total. The maximum absolute atomic E-state index is 12.8. The second kappa shape index (κ2) is 10.9. The van der Waals surface area contributed by atoms with Crippen LogP contribution in [0.2, 0.25) is 0 Å². The van der Waals surface area contributed by atoms with Crippen LogP contribution in [0.3, 0.4) is 0 Å². The van der Waals surface area contributed by atoms with Crippen LogP contribution in [0.15, 0.2) is 60.8 Å². The number of methoxy groups -OCH3 is 2. The van der Waals surface area contributed by atoms with Gasteiger partial charge in [0.2, 0.25) is 5.91 Å². The highest BCUT2D eigenvalue weighted by molar-refractivity contribution is 5.99. The maximum atomic E-state index is 12.8. The number of benzene rings is 2.